The van der Waals surface area contributed by atoms with Gasteiger partial charge in [-0.1, -0.05) is 218 Å². The van der Waals surface area contributed by atoms with Crippen LogP contribution in [0, 0.1) is 17.9 Å². The molecule has 0 aliphatic carbocycles. The second-order valence-corrected chi connectivity index (χ2v) is 22.5. The molecule has 6 heteroatoms. The molecule has 4 nitrogen and oxygen atoms in total. The molecule has 0 atom stereocenters. The van der Waals surface area contributed by atoms with E-state index in [0.29, 0.717) is 22.5 Å². The second kappa shape index (κ2) is 18.1. The molecular formula is C74H42N4S2. The minimum absolute atomic E-state index is 0.399. The summed E-state index contributed by atoms with van der Waals surface area (Å²) in [5.74, 6) is 0. The van der Waals surface area contributed by atoms with Gasteiger partial charge in [0.15, 0.2) is 0 Å². The maximum absolute atomic E-state index is 12.5. The minimum Gasteiger partial charge on any atom is -0.318 e. The molecule has 0 aliphatic rings. The first-order valence-electron chi connectivity index (χ1n) is 26.8. The van der Waals surface area contributed by atoms with Gasteiger partial charge in [-0.05, 0) is 80.9 Å². The maximum Gasteiger partial charge on any atom is 0.220 e. The van der Waals surface area contributed by atoms with E-state index >= 15 is 0 Å². The van der Waals surface area contributed by atoms with Gasteiger partial charge in [-0.2, -0.15) is 5.26 Å². The molecule has 0 saturated heterocycles. The standard InChI is InChI=1S/C74H42N4S2/c1-76-68-65(48-29-13-5-14-30-48)60(44-75)69(66(49-31-15-6-16-32-49)71(68)77-61-36-20-17-33-50(61)58-41-55(45-23-7-2-8-24-45)56(43-62(58)77)46-25-9-3-10-26-46)78-70-54(40-39-53-51-34-18-21-37-63(51)79-73(53)70)67-57(47-27-11-4-12-28-47)42-59-52-35-19-22-38-64(52)80-74(59)72(67)78/h2-43H. The van der Waals surface area contributed by atoms with Crippen molar-refractivity contribution in [2.45, 2.75) is 0 Å². The van der Waals surface area contributed by atoms with Crippen molar-refractivity contribution in [3.63, 3.8) is 0 Å². The van der Waals surface area contributed by atoms with Gasteiger partial charge in [0.25, 0.3) is 0 Å². The Morgan fingerprint density at radius 2 is 0.825 bits per heavy atom. The fraction of sp³-hybridized carbons (Fsp3) is 0. The zero-order valence-electron chi connectivity index (χ0n) is 42.9. The average molecular weight is 1050 g/mol. The summed E-state index contributed by atoms with van der Waals surface area (Å²) in [5, 5.41) is 21.5. The van der Waals surface area contributed by atoms with Crippen LogP contribution >= 0.6 is 22.7 Å². The first-order chi connectivity index (χ1) is 39.7. The van der Waals surface area contributed by atoms with Gasteiger partial charge in [-0.25, -0.2) is 4.85 Å². The number of para-hydroxylation sites is 1. The molecule has 0 aliphatic heterocycles. The smallest absolute Gasteiger partial charge is 0.220 e. The Bertz CT molecular complexity index is 5290. The van der Waals surface area contributed by atoms with Crippen molar-refractivity contribution in [1.82, 2.24) is 9.13 Å². The summed E-state index contributed by atoms with van der Waals surface area (Å²) >= 11 is 3.60. The molecule has 12 aromatic carbocycles. The summed E-state index contributed by atoms with van der Waals surface area (Å²) in [6, 6.07) is 93.4. The number of nitrogens with zero attached hydrogens (tertiary/aromatic N) is 4. The van der Waals surface area contributed by atoms with E-state index < -0.39 is 0 Å². The Morgan fingerprint density at radius 1 is 0.362 bits per heavy atom. The van der Waals surface area contributed by atoms with Gasteiger partial charge in [0.1, 0.15) is 6.07 Å². The summed E-state index contributed by atoms with van der Waals surface area (Å²) in [4.78, 5) is 4.69. The summed E-state index contributed by atoms with van der Waals surface area (Å²) in [5.41, 5.74) is 15.9. The number of thiophene rings is 2. The van der Waals surface area contributed by atoms with Crippen LogP contribution in [0.3, 0.4) is 0 Å². The van der Waals surface area contributed by atoms with E-state index in [0.717, 1.165) is 120 Å². The molecule has 4 heterocycles. The highest BCUT2D eigenvalue weighted by molar-refractivity contribution is 7.27. The number of benzene rings is 12. The summed E-state index contributed by atoms with van der Waals surface area (Å²) in [7, 11) is 0. The molecule has 0 radical (unpaired) electrons. The van der Waals surface area contributed by atoms with E-state index in [4.69, 9.17) is 0 Å². The van der Waals surface area contributed by atoms with Crippen LogP contribution in [0.4, 0.5) is 5.69 Å². The minimum atomic E-state index is 0.399. The van der Waals surface area contributed by atoms with Gasteiger partial charge >= 0.3 is 0 Å². The first kappa shape index (κ1) is 45.8. The van der Waals surface area contributed by atoms with E-state index in [1.807, 2.05) is 24.3 Å². The van der Waals surface area contributed by atoms with Crippen LogP contribution in [0.15, 0.2) is 255 Å². The summed E-state index contributed by atoms with van der Waals surface area (Å²) in [6.07, 6.45) is 0. The Labute approximate surface area is 468 Å². The molecule has 80 heavy (non-hydrogen) atoms. The highest BCUT2D eigenvalue weighted by atomic mass is 32.1. The van der Waals surface area contributed by atoms with Crippen molar-refractivity contribution < 1.29 is 0 Å². The van der Waals surface area contributed by atoms with E-state index in [1.54, 1.807) is 22.7 Å². The Kier molecular flexibility index (Phi) is 10.4. The van der Waals surface area contributed by atoms with Crippen LogP contribution in [0.25, 0.3) is 156 Å². The van der Waals surface area contributed by atoms with E-state index in [2.05, 4.69) is 251 Å². The van der Waals surface area contributed by atoms with Gasteiger partial charge in [0, 0.05) is 63.6 Å². The van der Waals surface area contributed by atoms with Gasteiger partial charge in [0.05, 0.1) is 55.0 Å². The molecule has 0 fully saturated rings. The molecule has 4 aromatic heterocycles. The molecule has 0 N–H and O–H groups in total. The van der Waals surface area contributed by atoms with Crippen molar-refractivity contribution in [1.29, 1.82) is 5.26 Å². The lowest BCUT2D eigenvalue weighted by molar-refractivity contribution is 1.14. The predicted octanol–water partition coefficient (Wildman–Crippen LogP) is 21.4. The third-order valence-corrected chi connectivity index (χ3v) is 18.6. The van der Waals surface area contributed by atoms with Crippen molar-refractivity contribution in [3.05, 3.63) is 272 Å². The largest absolute Gasteiger partial charge is 0.318 e. The van der Waals surface area contributed by atoms with Crippen LogP contribution in [0.2, 0.25) is 0 Å². The van der Waals surface area contributed by atoms with Gasteiger partial charge in [-0.15, -0.1) is 22.7 Å². The average Bonchev–Trinajstić information content (AvgIpc) is 4.40. The second-order valence-electron chi connectivity index (χ2n) is 20.4. The fourth-order valence-corrected chi connectivity index (χ4v) is 15.3. The monoisotopic (exact) mass is 1050 g/mol. The lowest BCUT2D eigenvalue weighted by Gasteiger charge is -2.26. The Balaban J connectivity index is 1.20. The van der Waals surface area contributed by atoms with Gasteiger partial charge in [0.2, 0.25) is 5.69 Å². The van der Waals surface area contributed by atoms with Crippen LogP contribution in [0.1, 0.15) is 5.56 Å². The van der Waals surface area contributed by atoms with Crippen molar-refractivity contribution in [2.24, 2.45) is 0 Å². The number of hydrogen-bond acceptors (Lipinski definition) is 3. The topological polar surface area (TPSA) is 38.0 Å². The van der Waals surface area contributed by atoms with Gasteiger partial charge in [-0.3, -0.25) is 0 Å². The van der Waals surface area contributed by atoms with Crippen molar-refractivity contribution in [3.8, 4) is 73.1 Å². The lowest BCUT2D eigenvalue weighted by atomic mass is 9.88. The Hall–Kier alpha value is -10.3. The molecule has 16 rings (SSSR count). The maximum atomic E-state index is 12.5. The summed E-state index contributed by atoms with van der Waals surface area (Å²) < 4.78 is 9.47. The number of aromatic nitrogens is 2. The lowest BCUT2D eigenvalue weighted by Crippen LogP contribution is -2.09. The molecule has 370 valence electrons. The zero-order chi connectivity index (χ0) is 53.0. The quantitative estimate of drug-likeness (QED) is 0.147. The number of rotatable bonds is 7. The predicted molar refractivity (Wildman–Crippen MR) is 339 cm³/mol. The van der Waals surface area contributed by atoms with E-state index in [-0.39, 0.29) is 0 Å². The highest BCUT2D eigenvalue weighted by Crippen LogP contribution is 2.56. The van der Waals surface area contributed by atoms with Crippen LogP contribution in [-0.2, 0) is 0 Å². The first-order valence-corrected chi connectivity index (χ1v) is 28.4. The zero-order valence-corrected chi connectivity index (χ0v) is 44.5. The molecule has 0 bridgehead atoms. The summed E-state index contributed by atoms with van der Waals surface area (Å²) in [6.45, 7) is 9.62. The number of fused-ring (bicyclic) bond motifs is 14. The molecule has 0 spiro atoms. The SMILES string of the molecule is [C-]#[N+]c1c(-c2ccccc2)c(C#N)c(-n2c3c(ccc4c5ccccc5sc43)c3c(-c4ccccc4)cc4c5ccccc5sc4c32)c(-c2ccccc2)c1-n1c2ccccc2c2cc(-c3ccccc3)c(-c3ccccc3)cc21. The van der Waals surface area contributed by atoms with E-state index in [1.165, 1.54) is 20.2 Å². The van der Waals surface area contributed by atoms with Crippen LogP contribution < -0.4 is 0 Å². The van der Waals surface area contributed by atoms with Crippen molar-refractivity contribution >= 4 is 112 Å². The van der Waals surface area contributed by atoms with Gasteiger partial charge < -0.3 is 9.13 Å². The van der Waals surface area contributed by atoms with E-state index in [9.17, 15) is 11.8 Å². The molecule has 16 aromatic rings. The van der Waals surface area contributed by atoms with Crippen LogP contribution in [-0.4, -0.2) is 9.13 Å². The third-order valence-electron chi connectivity index (χ3n) is 16.2. The highest BCUT2D eigenvalue weighted by Gasteiger charge is 2.34. The molecular weight excluding hydrogens is 1010 g/mol. The molecule has 0 amide bonds. The Morgan fingerprint density at radius 3 is 1.41 bits per heavy atom. The molecule has 0 saturated carbocycles. The fourth-order valence-electron chi connectivity index (χ4n) is 12.8. The normalized spacial score (nSPS) is 11.7. The third kappa shape index (κ3) is 6.71. The van der Waals surface area contributed by atoms with Crippen LogP contribution in [0.5, 0.6) is 0 Å². The number of hydrogen-bond donors (Lipinski definition) is 0. The molecule has 0 unspecified atom stereocenters. The number of nitriles is 1. The van der Waals surface area contributed by atoms with Crippen molar-refractivity contribution in [2.75, 3.05) is 0 Å².